The van der Waals surface area contributed by atoms with E-state index in [1.807, 2.05) is 48.7 Å². The van der Waals surface area contributed by atoms with Gasteiger partial charge in [-0.05, 0) is 22.6 Å². The molecule has 0 bridgehead atoms. The van der Waals surface area contributed by atoms with E-state index in [9.17, 15) is 5.11 Å². The number of aromatic nitrogens is 1. The highest BCUT2D eigenvalue weighted by Crippen LogP contribution is 2.38. The Morgan fingerprint density at radius 2 is 1.71 bits per heavy atom. The Hall–Kier alpha value is -2.19. The van der Waals surface area contributed by atoms with E-state index in [1.165, 1.54) is 0 Å². The van der Waals surface area contributed by atoms with Crippen molar-refractivity contribution in [3.05, 3.63) is 78.1 Å². The molecule has 0 saturated heterocycles. The zero-order valence-corrected chi connectivity index (χ0v) is 12.3. The lowest BCUT2D eigenvalue weighted by molar-refractivity contribution is 0.102. The molecule has 1 aromatic heterocycles. The average Bonchev–Trinajstić information content (AvgIpc) is 2.54. The third kappa shape index (κ3) is 2.43. The Labute approximate surface area is 125 Å². The van der Waals surface area contributed by atoms with Gasteiger partial charge in [-0.1, -0.05) is 62.4 Å². The number of hydrogen-bond donors (Lipinski definition) is 1. The molecule has 0 saturated carbocycles. The van der Waals surface area contributed by atoms with Gasteiger partial charge in [0.1, 0.15) is 0 Å². The number of hydrogen-bond acceptors (Lipinski definition) is 2. The van der Waals surface area contributed by atoms with Crippen molar-refractivity contribution in [2.45, 2.75) is 25.4 Å². The zero-order valence-electron chi connectivity index (χ0n) is 12.3. The molecular weight excluding hydrogens is 258 g/mol. The average molecular weight is 277 g/mol. The van der Waals surface area contributed by atoms with Crippen molar-refractivity contribution >= 4 is 10.8 Å². The molecule has 3 aromatic rings. The summed E-state index contributed by atoms with van der Waals surface area (Å²) in [6, 6.07) is 18.1. The first-order valence-corrected chi connectivity index (χ1v) is 7.17. The molecule has 21 heavy (non-hydrogen) atoms. The van der Waals surface area contributed by atoms with Crippen LogP contribution in [0.1, 0.15) is 31.1 Å². The Kier molecular flexibility index (Phi) is 3.48. The number of pyridine rings is 1. The van der Waals surface area contributed by atoms with Crippen LogP contribution in [0.25, 0.3) is 10.8 Å². The van der Waals surface area contributed by atoms with Crippen LogP contribution >= 0.6 is 0 Å². The van der Waals surface area contributed by atoms with Crippen LogP contribution in [0.2, 0.25) is 0 Å². The number of rotatable bonds is 3. The molecule has 2 aromatic carbocycles. The molecule has 1 unspecified atom stereocenters. The van der Waals surface area contributed by atoms with Gasteiger partial charge in [0.25, 0.3) is 0 Å². The number of fused-ring (bicyclic) bond motifs is 1. The van der Waals surface area contributed by atoms with Gasteiger partial charge in [-0.3, -0.25) is 4.98 Å². The molecule has 1 N–H and O–H groups in total. The Balaban J connectivity index is 2.10. The number of benzene rings is 2. The van der Waals surface area contributed by atoms with E-state index in [0.29, 0.717) is 0 Å². The second-order valence-corrected chi connectivity index (χ2v) is 5.93. The molecule has 1 heterocycles. The highest BCUT2D eigenvalue weighted by atomic mass is 16.3. The summed E-state index contributed by atoms with van der Waals surface area (Å²) in [5, 5.41) is 13.1. The summed E-state index contributed by atoms with van der Waals surface area (Å²) in [5.74, 6) is 0. The molecule has 0 fully saturated rings. The number of aliphatic hydroxyl groups excluding tert-OH is 1. The zero-order chi connectivity index (χ0) is 14.9. The van der Waals surface area contributed by atoms with E-state index >= 15 is 0 Å². The highest BCUT2D eigenvalue weighted by Gasteiger charge is 2.31. The van der Waals surface area contributed by atoms with E-state index < -0.39 is 6.10 Å². The lowest BCUT2D eigenvalue weighted by Crippen LogP contribution is -2.27. The van der Waals surface area contributed by atoms with Crippen LogP contribution in [0.5, 0.6) is 0 Å². The fourth-order valence-corrected chi connectivity index (χ4v) is 2.79. The standard InChI is InChI=1S/C19H19NO/c1-19(2,15-8-4-3-5-9-15)18(21)16-10-6-7-14-11-12-20-13-17(14)16/h3-13,18,21H,1-2H3. The first kappa shape index (κ1) is 13.8. The number of nitrogens with zero attached hydrogens (tertiary/aromatic N) is 1. The van der Waals surface area contributed by atoms with Gasteiger partial charge < -0.3 is 5.11 Å². The molecule has 3 rings (SSSR count). The van der Waals surface area contributed by atoms with Gasteiger partial charge in [0.15, 0.2) is 0 Å². The molecule has 0 radical (unpaired) electrons. The monoisotopic (exact) mass is 277 g/mol. The molecule has 2 heteroatoms. The van der Waals surface area contributed by atoms with Gasteiger partial charge in [-0.25, -0.2) is 0 Å². The summed E-state index contributed by atoms with van der Waals surface area (Å²) in [7, 11) is 0. The van der Waals surface area contributed by atoms with Gasteiger partial charge in [-0.15, -0.1) is 0 Å². The summed E-state index contributed by atoms with van der Waals surface area (Å²) in [6.45, 7) is 4.14. The molecule has 0 aliphatic rings. The Morgan fingerprint density at radius 1 is 0.952 bits per heavy atom. The normalized spacial score (nSPS) is 13.3. The minimum Gasteiger partial charge on any atom is -0.387 e. The topological polar surface area (TPSA) is 33.1 Å². The van der Waals surface area contributed by atoms with Crippen molar-refractivity contribution in [1.29, 1.82) is 0 Å². The maximum Gasteiger partial charge on any atom is 0.0887 e. The van der Waals surface area contributed by atoms with Gasteiger partial charge in [0.2, 0.25) is 0 Å². The number of aliphatic hydroxyl groups is 1. The molecule has 106 valence electrons. The van der Waals surface area contributed by atoms with Crippen molar-refractivity contribution in [2.24, 2.45) is 0 Å². The molecule has 0 aliphatic heterocycles. The first-order chi connectivity index (χ1) is 10.1. The lowest BCUT2D eigenvalue weighted by Gasteiger charge is -2.32. The summed E-state index contributed by atoms with van der Waals surface area (Å²) in [4.78, 5) is 4.20. The predicted molar refractivity (Wildman–Crippen MR) is 86.2 cm³/mol. The largest absolute Gasteiger partial charge is 0.387 e. The third-order valence-corrected chi connectivity index (χ3v) is 4.21. The van der Waals surface area contributed by atoms with Crippen LogP contribution in [-0.2, 0) is 5.41 Å². The second-order valence-electron chi connectivity index (χ2n) is 5.93. The van der Waals surface area contributed by atoms with E-state index in [2.05, 4.69) is 31.0 Å². The SMILES string of the molecule is CC(C)(c1ccccc1)C(O)c1cccc2ccncc12. The molecule has 0 aliphatic carbocycles. The summed E-state index contributed by atoms with van der Waals surface area (Å²) >= 11 is 0. The smallest absolute Gasteiger partial charge is 0.0887 e. The molecular formula is C19H19NO. The maximum atomic E-state index is 11.0. The molecule has 0 amide bonds. The summed E-state index contributed by atoms with van der Waals surface area (Å²) in [6.07, 6.45) is 3.02. The van der Waals surface area contributed by atoms with Crippen molar-refractivity contribution in [3.63, 3.8) is 0 Å². The van der Waals surface area contributed by atoms with Gasteiger partial charge in [0, 0.05) is 23.2 Å². The van der Waals surface area contributed by atoms with E-state index in [1.54, 1.807) is 6.20 Å². The Morgan fingerprint density at radius 3 is 2.48 bits per heavy atom. The van der Waals surface area contributed by atoms with Crippen molar-refractivity contribution in [2.75, 3.05) is 0 Å². The fourth-order valence-electron chi connectivity index (χ4n) is 2.79. The van der Waals surface area contributed by atoms with Crippen molar-refractivity contribution < 1.29 is 5.11 Å². The van der Waals surface area contributed by atoms with Gasteiger partial charge in [-0.2, -0.15) is 0 Å². The fraction of sp³-hybridized carbons (Fsp3) is 0.211. The van der Waals surface area contributed by atoms with Crippen molar-refractivity contribution in [3.8, 4) is 0 Å². The van der Waals surface area contributed by atoms with E-state index in [0.717, 1.165) is 21.9 Å². The minimum atomic E-state index is -0.590. The van der Waals surface area contributed by atoms with Crippen LogP contribution in [0, 0.1) is 0 Å². The minimum absolute atomic E-state index is 0.370. The first-order valence-electron chi connectivity index (χ1n) is 7.17. The van der Waals surface area contributed by atoms with E-state index in [4.69, 9.17) is 0 Å². The maximum absolute atomic E-state index is 11.0. The molecule has 2 nitrogen and oxygen atoms in total. The highest BCUT2D eigenvalue weighted by molar-refractivity contribution is 5.85. The lowest BCUT2D eigenvalue weighted by atomic mass is 9.76. The second kappa shape index (κ2) is 5.30. The van der Waals surface area contributed by atoms with E-state index in [-0.39, 0.29) is 5.41 Å². The van der Waals surface area contributed by atoms with Crippen LogP contribution < -0.4 is 0 Å². The van der Waals surface area contributed by atoms with Crippen LogP contribution in [0.15, 0.2) is 67.0 Å². The summed E-state index contributed by atoms with van der Waals surface area (Å²) < 4.78 is 0. The molecule has 1 atom stereocenters. The van der Waals surface area contributed by atoms with Gasteiger partial charge in [0.05, 0.1) is 6.10 Å². The van der Waals surface area contributed by atoms with Crippen molar-refractivity contribution in [1.82, 2.24) is 4.98 Å². The van der Waals surface area contributed by atoms with Gasteiger partial charge >= 0.3 is 0 Å². The molecule has 0 spiro atoms. The third-order valence-electron chi connectivity index (χ3n) is 4.21. The van der Waals surface area contributed by atoms with Crippen LogP contribution in [0.3, 0.4) is 0 Å². The van der Waals surface area contributed by atoms with Crippen LogP contribution in [0.4, 0.5) is 0 Å². The summed E-state index contributed by atoms with van der Waals surface area (Å²) in [5.41, 5.74) is 1.68. The van der Waals surface area contributed by atoms with Crippen LogP contribution in [-0.4, -0.2) is 10.1 Å². The predicted octanol–water partition coefficient (Wildman–Crippen LogP) is 4.25. The Bertz CT molecular complexity index is 744. The quantitative estimate of drug-likeness (QED) is 0.776.